The van der Waals surface area contributed by atoms with Crippen LogP contribution in [0.25, 0.3) is 0 Å². The molecule has 0 aliphatic heterocycles. The number of hydrogen-bond donors (Lipinski definition) is 2. The predicted molar refractivity (Wildman–Crippen MR) is 78.9 cm³/mol. The lowest BCUT2D eigenvalue weighted by Gasteiger charge is -2.21. The van der Waals surface area contributed by atoms with E-state index in [1.807, 2.05) is 0 Å². The summed E-state index contributed by atoms with van der Waals surface area (Å²) in [6, 6.07) is 7.05. The largest absolute Gasteiger partial charge is 0.497 e. The molecule has 0 radical (unpaired) electrons. The number of benzene rings is 1. The number of methoxy groups -OCH3 is 1. The van der Waals surface area contributed by atoms with Crippen LogP contribution < -0.4 is 10.1 Å². The second kappa shape index (κ2) is 8.26. The highest BCUT2D eigenvalue weighted by Crippen LogP contribution is 2.18. The SMILES string of the molecule is COc1ccc(C(O)CN(C)C(=O)CCNC(C)=O)cc1. The van der Waals surface area contributed by atoms with Gasteiger partial charge in [-0.2, -0.15) is 0 Å². The maximum atomic E-state index is 11.8. The molecular formula is C15H22N2O4. The van der Waals surface area contributed by atoms with Crippen LogP contribution >= 0.6 is 0 Å². The van der Waals surface area contributed by atoms with Crippen molar-refractivity contribution in [3.63, 3.8) is 0 Å². The molecule has 0 heterocycles. The van der Waals surface area contributed by atoms with Crippen LogP contribution in [0, 0.1) is 0 Å². The van der Waals surface area contributed by atoms with Crippen molar-refractivity contribution < 1.29 is 19.4 Å². The smallest absolute Gasteiger partial charge is 0.224 e. The Morgan fingerprint density at radius 3 is 2.48 bits per heavy atom. The number of rotatable bonds is 7. The van der Waals surface area contributed by atoms with Crippen molar-refractivity contribution in [2.45, 2.75) is 19.4 Å². The highest BCUT2D eigenvalue weighted by molar-refractivity contribution is 5.77. The maximum Gasteiger partial charge on any atom is 0.224 e. The van der Waals surface area contributed by atoms with E-state index in [4.69, 9.17) is 4.74 Å². The Kier molecular flexibility index (Phi) is 6.68. The lowest BCUT2D eigenvalue weighted by atomic mass is 10.1. The van der Waals surface area contributed by atoms with Crippen LogP contribution in [0.5, 0.6) is 5.75 Å². The number of aliphatic hydroxyl groups excluding tert-OH is 1. The molecule has 1 unspecified atom stereocenters. The van der Waals surface area contributed by atoms with Gasteiger partial charge in [0.1, 0.15) is 5.75 Å². The molecule has 1 aromatic rings. The number of likely N-dealkylation sites (N-methyl/N-ethyl adjacent to an activating group) is 1. The number of nitrogens with zero attached hydrogens (tertiary/aromatic N) is 1. The van der Waals surface area contributed by atoms with E-state index < -0.39 is 6.10 Å². The van der Waals surface area contributed by atoms with E-state index in [9.17, 15) is 14.7 Å². The van der Waals surface area contributed by atoms with Gasteiger partial charge in [-0.3, -0.25) is 9.59 Å². The summed E-state index contributed by atoms with van der Waals surface area (Å²) in [5.41, 5.74) is 0.720. The Morgan fingerprint density at radius 1 is 1.33 bits per heavy atom. The van der Waals surface area contributed by atoms with Gasteiger partial charge < -0.3 is 20.1 Å². The van der Waals surface area contributed by atoms with E-state index in [2.05, 4.69) is 5.32 Å². The van der Waals surface area contributed by atoms with E-state index in [0.29, 0.717) is 12.3 Å². The van der Waals surface area contributed by atoms with Crippen LogP contribution in [-0.4, -0.2) is 49.1 Å². The number of aliphatic hydroxyl groups is 1. The van der Waals surface area contributed by atoms with E-state index in [1.165, 1.54) is 11.8 Å². The zero-order valence-electron chi connectivity index (χ0n) is 12.6. The first kappa shape index (κ1) is 17.0. The van der Waals surface area contributed by atoms with Crippen LogP contribution in [0.3, 0.4) is 0 Å². The third kappa shape index (κ3) is 5.83. The van der Waals surface area contributed by atoms with Gasteiger partial charge in [0.2, 0.25) is 11.8 Å². The van der Waals surface area contributed by atoms with Crippen LogP contribution in [0.2, 0.25) is 0 Å². The summed E-state index contributed by atoms with van der Waals surface area (Å²) >= 11 is 0. The average Bonchev–Trinajstić information content (AvgIpc) is 2.46. The number of ether oxygens (including phenoxy) is 1. The molecular weight excluding hydrogens is 272 g/mol. The Balaban J connectivity index is 2.46. The highest BCUT2D eigenvalue weighted by Gasteiger charge is 2.15. The minimum Gasteiger partial charge on any atom is -0.497 e. The zero-order valence-corrected chi connectivity index (χ0v) is 12.6. The molecule has 116 valence electrons. The number of carbonyl (C=O) groups excluding carboxylic acids is 2. The highest BCUT2D eigenvalue weighted by atomic mass is 16.5. The first-order valence-electron chi connectivity index (χ1n) is 6.74. The minimum atomic E-state index is -0.759. The molecule has 0 bridgehead atoms. The molecule has 0 aliphatic rings. The fourth-order valence-electron chi connectivity index (χ4n) is 1.83. The van der Waals surface area contributed by atoms with Crippen molar-refractivity contribution in [3.8, 4) is 5.75 Å². The fourth-order valence-corrected chi connectivity index (χ4v) is 1.83. The predicted octanol–water partition coefficient (Wildman–Crippen LogP) is 0.713. The summed E-state index contributed by atoms with van der Waals surface area (Å²) in [6.45, 7) is 1.91. The molecule has 2 amide bonds. The monoisotopic (exact) mass is 294 g/mol. The normalized spacial score (nSPS) is 11.6. The number of carbonyl (C=O) groups is 2. The molecule has 2 N–H and O–H groups in total. The summed E-state index contributed by atoms with van der Waals surface area (Å²) in [5.74, 6) is 0.422. The summed E-state index contributed by atoms with van der Waals surface area (Å²) < 4.78 is 5.05. The van der Waals surface area contributed by atoms with Crippen LogP contribution in [0.1, 0.15) is 25.0 Å². The Bertz CT molecular complexity index is 473. The van der Waals surface area contributed by atoms with Crippen molar-refractivity contribution in [3.05, 3.63) is 29.8 Å². The third-order valence-electron chi connectivity index (χ3n) is 3.09. The van der Waals surface area contributed by atoms with Crippen molar-refractivity contribution >= 4 is 11.8 Å². The van der Waals surface area contributed by atoms with E-state index in [0.717, 1.165) is 5.56 Å². The summed E-state index contributed by atoms with van der Waals surface area (Å²) in [5, 5.41) is 12.7. The van der Waals surface area contributed by atoms with Crippen molar-refractivity contribution in [2.75, 3.05) is 27.2 Å². The molecule has 6 nitrogen and oxygen atoms in total. The quantitative estimate of drug-likeness (QED) is 0.776. The lowest BCUT2D eigenvalue weighted by molar-refractivity contribution is -0.131. The van der Waals surface area contributed by atoms with E-state index in [-0.39, 0.29) is 24.8 Å². The Hall–Kier alpha value is -2.08. The number of nitrogens with one attached hydrogen (secondary N) is 1. The van der Waals surface area contributed by atoms with Crippen LogP contribution in [-0.2, 0) is 9.59 Å². The van der Waals surface area contributed by atoms with Gasteiger partial charge in [0, 0.05) is 26.9 Å². The molecule has 0 saturated carbocycles. The summed E-state index contributed by atoms with van der Waals surface area (Å²) in [6.07, 6.45) is -0.545. The van der Waals surface area contributed by atoms with Crippen LogP contribution in [0.4, 0.5) is 0 Å². The van der Waals surface area contributed by atoms with Gasteiger partial charge in [0.25, 0.3) is 0 Å². The van der Waals surface area contributed by atoms with Gasteiger partial charge in [-0.25, -0.2) is 0 Å². The molecule has 0 aliphatic carbocycles. The first-order valence-corrected chi connectivity index (χ1v) is 6.74. The molecule has 1 rings (SSSR count). The topological polar surface area (TPSA) is 78.9 Å². The maximum absolute atomic E-state index is 11.8. The fraction of sp³-hybridized carbons (Fsp3) is 0.467. The van der Waals surface area contributed by atoms with Crippen LogP contribution in [0.15, 0.2) is 24.3 Å². The standard InChI is InChI=1S/C15H22N2O4/c1-11(18)16-9-8-15(20)17(2)10-14(19)12-4-6-13(21-3)7-5-12/h4-7,14,19H,8-10H2,1-3H3,(H,16,18). The molecule has 0 fully saturated rings. The van der Waals surface area contributed by atoms with Gasteiger partial charge in [0.05, 0.1) is 19.8 Å². The zero-order chi connectivity index (χ0) is 15.8. The van der Waals surface area contributed by atoms with Gasteiger partial charge in [-0.15, -0.1) is 0 Å². The van der Waals surface area contributed by atoms with Crippen molar-refractivity contribution in [1.29, 1.82) is 0 Å². The van der Waals surface area contributed by atoms with Crippen molar-refractivity contribution in [1.82, 2.24) is 10.2 Å². The van der Waals surface area contributed by atoms with Gasteiger partial charge in [-0.05, 0) is 17.7 Å². The van der Waals surface area contributed by atoms with Gasteiger partial charge >= 0.3 is 0 Å². The Labute approximate surface area is 124 Å². The second-order valence-electron chi connectivity index (χ2n) is 4.80. The summed E-state index contributed by atoms with van der Waals surface area (Å²) in [7, 11) is 3.20. The molecule has 0 spiro atoms. The Morgan fingerprint density at radius 2 is 1.95 bits per heavy atom. The lowest BCUT2D eigenvalue weighted by Crippen LogP contribution is -2.34. The molecule has 21 heavy (non-hydrogen) atoms. The van der Waals surface area contributed by atoms with E-state index >= 15 is 0 Å². The molecule has 1 atom stereocenters. The average molecular weight is 294 g/mol. The van der Waals surface area contributed by atoms with E-state index in [1.54, 1.807) is 38.4 Å². The molecule has 0 aromatic heterocycles. The molecule has 6 heteroatoms. The minimum absolute atomic E-state index is 0.128. The summed E-state index contributed by atoms with van der Waals surface area (Å²) in [4.78, 5) is 24.0. The number of hydrogen-bond acceptors (Lipinski definition) is 4. The third-order valence-corrected chi connectivity index (χ3v) is 3.09. The number of amides is 2. The van der Waals surface area contributed by atoms with Crippen molar-refractivity contribution in [2.24, 2.45) is 0 Å². The first-order chi connectivity index (χ1) is 9.93. The second-order valence-corrected chi connectivity index (χ2v) is 4.80. The molecule has 1 aromatic carbocycles. The molecule has 0 saturated heterocycles. The van der Waals surface area contributed by atoms with Gasteiger partial charge in [0.15, 0.2) is 0 Å². The van der Waals surface area contributed by atoms with Gasteiger partial charge in [-0.1, -0.05) is 12.1 Å².